The SMILES string of the molecule is CC(=O)N[C@@H](CCN1CC2CN(C(=O)c3c(F)cccc3Cl)CC2C1)c1ccccc1. The molecule has 2 aliphatic rings. The number of halogens is 2. The van der Waals surface area contributed by atoms with E-state index in [1.807, 2.05) is 30.3 Å². The van der Waals surface area contributed by atoms with Crippen LogP contribution in [0.25, 0.3) is 0 Å². The molecule has 7 heteroatoms. The van der Waals surface area contributed by atoms with Crippen molar-refractivity contribution in [2.24, 2.45) is 11.8 Å². The number of rotatable bonds is 6. The van der Waals surface area contributed by atoms with Crippen LogP contribution in [0.3, 0.4) is 0 Å². The number of fused-ring (bicyclic) bond motifs is 1. The summed E-state index contributed by atoms with van der Waals surface area (Å²) in [4.78, 5) is 28.6. The summed E-state index contributed by atoms with van der Waals surface area (Å²) in [6.07, 6.45) is 0.830. The molecule has 0 aliphatic carbocycles. The second-order valence-corrected chi connectivity index (χ2v) is 8.95. The number of hydrogen-bond acceptors (Lipinski definition) is 3. The molecule has 0 saturated carbocycles. The van der Waals surface area contributed by atoms with Crippen LogP contribution < -0.4 is 5.32 Å². The van der Waals surface area contributed by atoms with Gasteiger partial charge >= 0.3 is 0 Å². The summed E-state index contributed by atoms with van der Waals surface area (Å²) in [5, 5.41) is 3.22. The highest BCUT2D eigenvalue weighted by atomic mass is 35.5. The van der Waals surface area contributed by atoms with Crippen molar-refractivity contribution >= 4 is 23.4 Å². The fourth-order valence-electron chi connectivity index (χ4n) is 4.86. The summed E-state index contributed by atoms with van der Waals surface area (Å²) in [5.74, 6) is -0.163. The summed E-state index contributed by atoms with van der Waals surface area (Å²) < 4.78 is 14.1. The van der Waals surface area contributed by atoms with E-state index in [0.29, 0.717) is 24.9 Å². The van der Waals surface area contributed by atoms with Gasteiger partial charge in [0.2, 0.25) is 5.91 Å². The normalized spacial score (nSPS) is 21.7. The van der Waals surface area contributed by atoms with Crippen molar-refractivity contribution in [1.29, 1.82) is 0 Å². The highest BCUT2D eigenvalue weighted by molar-refractivity contribution is 6.33. The summed E-state index contributed by atoms with van der Waals surface area (Å²) in [5.41, 5.74) is 1.08. The Labute approximate surface area is 187 Å². The van der Waals surface area contributed by atoms with E-state index in [9.17, 15) is 14.0 Å². The zero-order valence-electron chi connectivity index (χ0n) is 17.6. The summed E-state index contributed by atoms with van der Waals surface area (Å²) in [6.45, 7) is 5.47. The topological polar surface area (TPSA) is 52.7 Å². The highest BCUT2D eigenvalue weighted by Crippen LogP contribution is 2.33. The summed E-state index contributed by atoms with van der Waals surface area (Å²) in [6, 6.07) is 14.3. The van der Waals surface area contributed by atoms with E-state index in [4.69, 9.17) is 11.6 Å². The second kappa shape index (κ2) is 9.37. The predicted molar refractivity (Wildman–Crippen MR) is 118 cm³/mol. The van der Waals surface area contributed by atoms with E-state index in [0.717, 1.165) is 31.6 Å². The van der Waals surface area contributed by atoms with Gasteiger partial charge in [-0.2, -0.15) is 0 Å². The zero-order chi connectivity index (χ0) is 22.0. The molecule has 4 rings (SSSR count). The Morgan fingerprint density at radius 2 is 1.74 bits per heavy atom. The third kappa shape index (κ3) is 4.91. The van der Waals surface area contributed by atoms with Gasteiger partial charge in [-0.05, 0) is 36.0 Å². The molecule has 2 unspecified atom stereocenters. The number of nitrogens with one attached hydrogen (secondary N) is 1. The third-order valence-corrected chi connectivity index (χ3v) is 6.65. The van der Waals surface area contributed by atoms with Crippen LogP contribution in [-0.2, 0) is 4.79 Å². The first-order valence-corrected chi connectivity index (χ1v) is 11.1. The lowest BCUT2D eigenvalue weighted by molar-refractivity contribution is -0.119. The van der Waals surface area contributed by atoms with Crippen molar-refractivity contribution in [3.63, 3.8) is 0 Å². The van der Waals surface area contributed by atoms with Gasteiger partial charge < -0.3 is 15.1 Å². The average Bonchev–Trinajstić information content (AvgIpc) is 3.30. The Kier molecular flexibility index (Phi) is 6.58. The van der Waals surface area contributed by atoms with Gasteiger partial charge in [0.25, 0.3) is 5.91 Å². The molecule has 0 bridgehead atoms. The van der Waals surface area contributed by atoms with Gasteiger partial charge in [0, 0.05) is 39.6 Å². The van der Waals surface area contributed by atoms with Crippen LogP contribution in [0.15, 0.2) is 48.5 Å². The van der Waals surface area contributed by atoms with Gasteiger partial charge in [0.15, 0.2) is 0 Å². The van der Waals surface area contributed by atoms with Gasteiger partial charge in [-0.15, -0.1) is 0 Å². The monoisotopic (exact) mass is 443 g/mol. The van der Waals surface area contributed by atoms with Crippen LogP contribution in [0.1, 0.15) is 35.3 Å². The number of carbonyl (C=O) groups excluding carboxylic acids is 2. The molecular weight excluding hydrogens is 417 g/mol. The third-order valence-electron chi connectivity index (χ3n) is 6.34. The van der Waals surface area contributed by atoms with E-state index in [1.54, 1.807) is 17.9 Å². The molecule has 164 valence electrons. The number of hydrogen-bond donors (Lipinski definition) is 1. The van der Waals surface area contributed by atoms with E-state index < -0.39 is 5.82 Å². The minimum absolute atomic E-state index is 0.0135. The highest BCUT2D eigenvalue weighted by Gasteiger charge is 2.42. The van der Waals surface area contributed by atoms with Gasteiger partial charge in [-0.3, -0.25) is 9.59 Å². The van der Waals surface area contributed by atoms with Crippen molar-refractivity contribution < 1.29 is 14.0 Å². The van der Waals surface area contributed by atoms with Crippen molar-refractivity contribution in [3.05, 3.63) is 70.5 Å². The molecule has 0 radical (unpaired) electrons. The molecule has 2 aliphatic heterocycles. The Morgan fingerprint density at radius 1 is 1.06 bits per heavy atom. The number of carbonyl (C=O) groups is 2. The largest absolute Gasteiger partial charge is 0.349 e. The Balaban J connectivity index is 1.33. The molecule has 2 heterocycles. The lowest BCUT2D eigenvalue weighted by Gasteiger charge is -2.24. The Bertz CT molecular complexity index is 921. The van der Waals surface area contributed by atoms with Crippen molar-refractivity contribution in [2.45, 2.75) is 19.4 Å². The predicted octanol–water partition coefficient (Wildman–Crippen LogP) is 3.75. The summed E-state index contributed by atoms with van der Waals surface area (Å²) in [7, 11) is 0. The molecule has 3 atom stereocenters. The number of nitrogens with zero attached hydrogens (tertiary/aromatic N) is 2. The van der Waals surface area contributed by atoms with Crippen molar-refractivity contribution in [3.8, 4) is 0 Å². The quantitative estimate of drug-likeness (QED) is 0.739. The van der Waals surface area contributed by atoms with E-state index >= 15 is 0 Å². The fourth-order valence-corrected chi connectivity index (χ4v) is 5.11. The van der Waals surface area contributed by atoms with E-state index in [1.165, 1.54) is 12.1 Å². The Morgan fingerprint density at radius 3 is 2.35 bits per heavy atom. The average molecular weight is 444 g/mol. The molecule has 2 aromatic rings. The number of amides is 2. The van der Waals surface area contributed by atoms with Crippen LogP contribution in [0.2, 0.25) is 5.02 Å². The van der Waals surface area contributed by atoms with E-state index in [2.05, 4.69) is 10.2 Å². The first kappa shape index (κ1) is 21.8. The van der Waals surface area contributed by atoms with Crippen LogP contribution in [0.4, 0.5) is 4.39 Å². The first-order valence-electron chi connectivity index (χ1n) is 10.7. The molecule has 0 spiro atoms. The molecule has 2 aromatic carbocycles. The Hall–Kier alpha value is -2.44. The van der Waals surface area contributed by atoms with Gasteiger partial charge in [-0.1, -0.05) is 48.0 Å². The smallest absolute Gasteiger partial charge is 0.258 e. The number of benzene rings is 2. The molecular formula is C24H27ClFN3O2. The molecule has 2 fully saturated rings. The van der Waals surface area contributed by atoms with Gasteiger partial charge in [0.05, 0.1) is 16.6 Å². The van der Waals surface area contributed by atoms with Crippen LogP contribution in [0.5, 0.6) is 0 Å². The van der Waals surface area contributed by atoms with Gasteiger partial charge in [0.1, 0.15) is 5.82 Å². The maximum Gasteiger partial charge on any atom is 0.258 e. The lowest BCUT2D eigenvalue weighted by atomic mass is 10.0. The molecule has 31 heavy (non-hydrogen) atoms. The van der Waals surface area contributed by atoms with Gasteiger partial charge in [-0.25, -0.2) is 4.39 Å². The number of likely N-dealkylation sites (tertiary alicyclic amines) is 2. The van der Waals surface area contributed by atoms with Crippen molar-refractivity contribution in [2.75, 3.05) is 32.7 Å². The first-order chi connectivity index (χ1) is 14.9. The minimum atomic E-state index is -0.568. The summed E-state index contributed by atoms with van der Waals surface area (Å²) >= 11 is 6.08. The maximum atomic E-state index is 14.1. The lowest BCUT2D eigenvalue weighted by Crippen LogP contribution is -2.35. The fraction of sp³-hybridized carbons (Fsp3) is 0.417. The van der Waals surface area contributed by atoms with Crippen LogP contribution in [-0.4, -0.2) is 54.3 Å². The van der Waals surface area contributed by atoms with Crippen molar-refractivity contribution in [1.82, 2.24) is 15.1 Å². The molecule has 5 nitrogen and oxygen atoms in total. The van der Waals surface area contributed by atoms with E-state index in [-0.39, 0.29) is 28.4 Å². The minimum Gasteiger partial charge on any atom is -0.349 e. The molecule has 2 saturated heterocycles. The second-order valence-electron chi connectivity index (χ2n) is 8.54. The van der Waals surface area contributed by atoms with Crippen LogP contribution in [0, 0.1) is 17.7 Å². The molecule has 2 amide bonds. The standard InChI is InChI=1S/C24H27ClFN3O2/c1-16(30)27-22(17-6-3-2-4-7-17)10-11-28-12-18-14-29(15-19(18)13-28)24(31)23-20(25)8-5-9-21(23)26/h2-9,18-19,22H,10-15H2,1H3,(H,27,30)/t18?,19?,22-/m0/s1. The molecule has 1 N–H and O–H groups in total. The maximum absolute atomic E-state index is 14.1. The van der Waals surface area contributed by atoms with Crippen LogP contribution >= 0.6 is 11.6 Å². The zero-order valence-corrected chi connectivity index (χ0v) is 18.3. The molecule has 0 aromatic heterocycles.